The van der Waals surface area contributed by atoms with Crippen LogP contribution in [0.4, 0.5) is 11.6 Å². The summed E-state index contributed by atoms with van der Waals surface area (Å²) < 4.78 is 0. The molecule has 2 aliphatic heterocycles. The van der Waals surface area contributed by atoms with Crippen LogP contribution in [0.3, 0.4) is 0 Å². The van der Waals surface area contributed by atoms with E-state index in [4.69, 9.17) is 16.9 Å². The zero-order valence-electron chi connectivity index (χ0n) is 31.2. The average Bonchev–Trinajstić information content (AvgIpc) is 3.84. The van der Waals surface area contributed by atoms with Gasteiger partial charge in [-0.25, -0.2) is 9.97 Å². The van der Waals surface area contributed by atoms with Gasteiger partial charge < -0.3 is 14.7 Å². The molecule has 0 amide bonds. The lowest BCUT2D eigenvalue weighted by Crippen LogP contribution is -2.50. The molecule has 0 bridgehead atoms. The number of anilines is 2. The van der Waals surface area contributed by atoms with E-state index in [1.54, 1.807) is 12.4 Å². The molecule has 4 fully saturated rings. The SMILES string of the molecule is CC(C)(C)C1CCCC1.CCC(C)(CC)C1CC[C@@H](N2CCN(c3ccc(C#N)cn3)CC2)C1.CN1CCN(c2ccc(Cl)cn2)CC1. The van der Waals surface area contributed by atoms with E-state index in [2.05, 4.69) is 84.2 Å². The summed E-state index contributed by atoms with van der Waals surface area (Å²) in [4.78, 5) is 18.4. The van der Waals surface area contributed by atoms with Gasteiger partial charge in [0.2, 0.25) is 0 Å². The molecule has 266 valence electrons. The molecule has 2 atom stereocenters. The first-order valence-corrected chi connectivity index (χ1v) is 19.2. The van der Waals surface area contributed by atoms with Gasteiger partial charge in [-0.05, 0) is 86.1 Å². The predicted octanol–water partition coefficient (Wildman–Crippen LogP) is 8.78. The quantitative estimate of drug-likeness (QED) is 0.303. The summed E-state index contributed by atoms with van der Waals surface area (Å²) in [7, 11) is 2.15. The molecule has 2 aromatic heterocycles. The minimum Gasteiger partial charge on any atom is -0.354 e. The molecule has 0 aromatic carbocycles. The first-order chi connectivity index (χ1) is 23.0. The topological polar surface area (TPSA) is 62.5 Å². The van der Waals surface area contributed by atoms with E-state index < -0.39 is 0 Å². The number of nitrogens with zero attached hydrogens (tertiary/aromatic N) is 7. The van der Waals surface area contributed by atoms with Gasteiger partial charge in [0.05, 0.1) is 10.6 Å². The van der Waals surface area contributed by atoms with E-state index in [1.165, 1.54) is 57.8 Å². The maximum Gasteiger partial charge on any atom is 0.128 e. The van der Waals surface area contributed by atoms with Gasteiger partial charge in [-0.1, -0.05) is 78.8 Å². The Morgan fingerprint density at radius 1 is 0.750 bits per heavy atom. The van der Waals surface area contributed by atoms with Gasteiger partial charge in [0.25, 0.3) is 0 Å². The molecular formula is C40H64ClN7. The molecule has 7 nitrogen and oxygen atoms in total. The molecule has 2 aromatic rings. The molecule has 6 rings (SSSR count). The van der Waals surface area contributed by atoms with E-state index in [9.17, 15) is 0 Å². The fourth-order valence-corrected chi connectivity index (χ4v) is 8.20. The number of piperazine rings is 2. The highest BCUT2D eigenvalue weighted by Gasteiger charge is 2.39. The van der Waals surface area contributed by atoms with Crippen LogP contribution in [0.5, 0.6) is 0 Å². The van der Waals surface area contributed by atoms with Crippen LogP contribution in [-0.2, 0) is 0 Å². The van der Waals surface area contributed by atoms with Crippen molar-refractivity contribution >= 4 is 23.2 Å². The molecule has 8 heteroatoms. The van der Waals surface area contributed by atoms with Crippen LogP contribution in [0.15, 0.2) is 36.7 Å². The minimum atomic E-state index is 0.531. The third-order valence-corrected chi connectivity index (χ3v) is 12.4. The molecule has 4 aliphatic rings. The molecule has 2 saturated heterocycles. The summed E-state index contributed by atoms with van der Waals surface area (Å²) in [5.74, 6) is 3.94. The van der Waals surface area contributed by atoms with Crippen LogP contribution in [0.1, 0.15) is 105 Å². The molecule has 1 unspecified atom stereocenters. The fourth-order valence-electron chi connectivity index (χ4n) is 8.09. The zero-order valence-corrected chi connectivity index (χ0v) is 32.0. The van der Waals surface area contributed by atoms with Gasteiger partial charge >= 0.3 is 0 Å². The highest BCUT2D eigenvalue weighted by molar-refractivity contribution is 6.30. The van der Waals surface area contributed by atoms with Gasteiger partial charge in [-0.15, -0.1) is 0 Å². The van der Waals surface area contributed by atoms with Crippen molar-refractivity contribution < 1.29 is 0 Å². The van der Waals surface area contributed by atoms with Crippen molar-refractivity contribution in [3.05, 3.63) is 47.2 Å². The molecular weight excluding hydrogens is 614 g/mol. The Balaban J connectivity index is 0.000000188. The third-order valence-electron chi connectivity index (χ3n) is 12.2. The Labute approximate surface area is 298 Å². The standard InChI is InChI=1S/C21H32N4.C10H14ClN3.C9H18/c1-4-21(3,5-2)18-7-8-19(14-18)24-10-12-25(13-11-24)20-9-6-17(15-22)16-23-20;1-13-4-6-14(7-5-13)10-3-2-9(11)8-12-10;1-9(2,3)8-6-4-5-7-8/h6,9,16,18-19H,4-5,7-8,10-14H2,1-3H3;2-3,8H,4-7H2,1H3;8H,4-7H2,1-3H3/t18?,19-;;/m1../s1. The van der Waals surface area contributed by atoms with Crippen LogP contribution < -0.4 is 9.80 Å². The van der Waals surface area contributed by atoms with E-state index >= 15 is 0 Å². The van der Waals surface area contributed by atoms with Crippen molar-refractivity contribution in [1.29, 1.82) is 5.26 Å². The van der Waals surface area contributed by atoms with Crippen molar-refractivity contribution in [3.63, 3.8) is 0 Å². The van der Waals surface area contributed by atoms with Gasteiger partial charge in [0.15, 0.2) is 0 Å². The lowest BCUT2D eigenvalue weighted by Gasteiger charge is -2.39. The number of rotatable bonds is 6. The number of halogens is 1. The predicted molar refractivity (Wildman–Crippen MR) is 203 cm³/mol. The van der Waals surface area contributed by atoms with Crippen molar-refractivity contribution in [2.45, 2.75) is 105 Å². The smallest absolute Gasteiger partial charge is 0.128 e. The summed E-state index contributed by atoms with van der Waals surface area (Å²) in [5, 5.41) is 9.60. The van der Waals surface area contributed by atoms with Crippen LogP contribution >= 0.6 is 11.6 Å². The Hall–Kier alpha value is -2.40. The first-order valence-electron chi connectivity index (χ1n) is 18.9. The van der Waals surface area contributed by atoms with Gasteiger partial charge in [-0.2, -0.15) is 5.26 Å². The van der Waals surface area contributed by atoms with E-state index in [0.29, 0.717) is 21.4 Å². The first kappa shape index (κ1) is 38.4. The largest absolute Gasteiger partial charge is 0.354 e. The maximum absolute atomic E-state index is 8.90. The number of hydrogen-bond acceptors (Lipinski definition) is 7. The van der Waals surface area contributed by atoms with Crippen LogP contribution in [0.25, 0.3) is 0 Å². The molecule has 4 heterocycles. The number of aromatic nitrogens is 2. The molecule has 48 heavy (non-hydrogen) atoms. The Morgan fingerprint density at radius 3 is 1.77 bits per heavy atom. The summed E-state index contributed by atoms with van der Waals surface area (Å²) in [5.41, 5.74) is 1.74. The highest BCUT2D eigenvalue weighted by Crippen LogP contribution is 2.45. The lowest BCUT2D eigenvalue weighted by atomic mass is 9.72. The number of likely N-dealkylation sites (N-methyl/N-ethyl adjacent to an activating group) is 1. The molecule has 2 aliphatic carbocycles. The Bertz CT molecular complexity index is 1240. The summed E-state index contributed by atoms with van der Waals surface area (Å²) in [6, 6.07) is 10.6. The van der Waals surface area contributed by atoms with E-state index in [1.807, 2.05) is 24.3 Å². The van der Waals surface area contributed by atoms with Gasteiger partial charge in [0.1, 0.15) is 17.7 Å². The monoisotopic (exact) mass is 677 g/mol. The summed E-state index contributed by atoms with van der Waals surface area (Å²) in [6.45, 7) is 23.0. The maximum atomic E-state index is 8.90. The second-order valence-electron chi connectivity index (χ2n) is 16.0. The molecule has 0 N–H and O–H groups in total. The highest BCUT2D eigenvalue weighted by atomic mass is 35.5. The van der Waals surface area contributed by atoms with Crippen LogP contribution in [-0.4, -0.2) is 85.2 Å². The van der Waals surface area contributed by atoms with Crippen molar-refractivity contribution in [2.75, 3.05) is 69.2 Å². The van der Waals surface area contributed by atoms with Gasteiger partial charge in [-0.3, -0.25) is 4.90 Å². The summed E-state index contributed by atoms with van der Waals surface area (Å²) in [6.07, 6.45) is 16.0. The van der Waals surface area contributed by atoms with Crippen LogP contribution in [0.2, 0.25) is 5.02 Å². The molecule has 0 spiro atoms. The van der Waals surface area contributed by atoms with Gasteiger partial charge in [0, 0.05) is 70.8 Å². The average molecular weight is 678 g/mol. The second kappa shape index (κ2) is 18.0. The van der Waals surface area contributed by atoms with Crippen molar-refractivity contribution in [1.82, 2.24) is 19.8 Å². The summed E-state index contributed by atoms with van der Waals surface area (Å²) >= 11 is 5.78. The van der Waals surface area contributed by atoms with Crippen LogP contribution in [0, 0.1) is 34.0 Å². The number of pyridine rings is 2. The molecule has 2 saturated carbocycles. The zero-order chi connectivity index (χ0) is 34.7. The fraction of sp³-hybridized carbons (Fsp3) is 0.725. The normalized spacial score (nSPS) is 22.8. The Morgan fingerprint density at radius 2 is 1.31 bits per heavy atom. The minimum absolute atomic E-state index is 0.531. The second-order valence-corrected chi connectivity index (χ2v) is 16.5. The van der Waals surface area contributed by atoms with E-state index in [-0.39, 0.29) is 0 Å². The Kier molecular flexibility index (Phi) is 14.4. The van der Waals surface area contributed by atoms with Crippen molar-refractivity contribution in [3.8, 4) is 6.07 Å². The third kappa shape index (κ3) is 10.8. The number of hydrogen-bond donors (Lipinski definition) is 0. The van der Waals surface area contributed by atoms with Crippen molar-refractivity contribution in [2.24, 2.45) is 22.7 Å². The molecule has 0 radical (unpaired) electrons. The van der Waals surface area contributed by atoms with E-state index in [0.717, 1.165) is 81.9 Å². The number of nitriles is 1. The lowest BCUT2D eigenvalue weighted by molar-refractivity contribution is 0.142.